The number of piperidine rings is 1. The van der Waals surface area contributed by atoms with Gasteiger partial charge in [-0.2, -0.15) is 5.10 Å². The normalized spacial score (nSPS) is 17.1. The van der Waals surface area contributed by atoms with Crippen molar-refractivity contribution in [3.63, 3.8) is 0 Å². The lowest BCUT2D eigenvalue weighted by molar-refractivity contribution is -0.0592. The molecular formula is C34H34N6O4S. The van der Waals surface area contributed by atoms with E-state index in [1.807, 2.05) is 37.5 Å². The largest absolute Gasteiger partial charge is 0.478 e. The predicted octanol–water partition coefficient (Wildman–Crippen LogP) is 5.07. The lowest BCUT2D eigenvalue weighted by Crippen LogP contribution is -2.35. The van der Waals surface area contributed by atoms with Crippen molar-refractivity contribution in [1.29, 1.82) is 0 Å². The fraction of sp³-hybridized carbons (Fsp3) is 0.353. The number of hydrogen-bond acceptors (Lipinski definition) is 8. The molecule has 4 aromatic heterocycles. The first-order chi connectivity index (χ1) is 22.0. The van der Waals surface area contributed by atoms with E-state index in [0.29, 0.717) is 31.5 Å². The Morgan fingerprint density at radius 3 is 2.73 bits per heavy atom. The Morgan fingerprint density at radius 2 is 1.98 bits per heavy atom. The van der Waals surface area contributed by atoms with Crippen LogP contribution in [0.2, 0.25) is 0 Å². The number of thiophene rings is 1. The van der Waals surface area contributed by atoms with Crippen LogP contribution >= 0.6 is 11.3 Å². The van der Waals surface area contributed by atoms with Gasteiger partial charge in [-0.1, -0.05) is 17.9 Å². The van der Waals surface area contributed by atoms with E-state index in [1.54, 1.807) is 34.3 Å². The molecule has 2 fully saturated rings. The lowest BCUT2D eigenvalue weighted by atomic mass is 9.93. The maximum absolute atomic E-state index is 11.6. The van der Waals surface area contributed by atoms with Gasteiger partial charge in [-0.3, -0.25) is 9.58 Å². The number of likely N-dealkylation sites (tertiary alicyclic amines) is 1. The van der Waals surface area contributed by atoms with Crippen LogP contribution in [0.4, 0.5) is 0 Å². The van der Waals surface area contributed by atoms with Gasteiger partial charge >= 0.3 is 5.97 Å². The van der Waals surface area contributed by atoms with Gasteiger partial charge in [0.25, 0.3) is 0 Å². The molecule has 5 aromatic rings. The molecule has 7 rings (SSSR count). The second-order valence-electron chi connectivity index (χ2n) is 11.6. The highest BCUT2D eigenvalue weighted by atomic mass is 32.1. The highest BCUT2D eigenvalue weighted by Crippen LogP contribution is 2.30. The topological polar surface area (TPSA) is 108 Å². The number of nitrogens with zero attached hydrogens (tertiary/aromatic N) is 6. The molecule has 0 spiro atoms. The maximum atomic E-state index is 11.6. The Hall–Kier alpha value is -4.50. The number of carbonyl (C=O) groups is 1. The van der Waals surface area contributed by atoms with E-state index in [2.05, 4.69) is 38.5 Å². The van der Waals surface area contributed by atoms with Gasteiger partial charge in [0.1, 0.15) is 12.4 Å². The molecule has 230 valence electrons. The molecule has 0 aliphatic carbocycles. The van der Waals surface area contributed by atoms with Crippen molar-refractivity contribution >= 4 is 28.3 Å². The summed E-state index contributed by atoms with van der Waals surface area (Å²) in [4.78, 5) is 25.9. The molecule has 0 bridgehead atoms. The minimum absolute atomic E-state index is 0.147. The molecule has 2 aliphatic heterocycles. The van der Waals surface area contributed by atoms with Gasteiger partial charge in [-0.05, 0) is 68.8 Å². The molecule has 45 heavy (non-hydrogen) atoms. The number of carboxylic acids is 1. The lowest BCUT2D eigenvalue weighted by Gasteiger charge is -2.32. The minimum Gasteiger partial charge on any atom is -0.478 e. The van der Waals surface area contributed by atoms with Gasteiger partial charge in [0.15, 0.2) is 0 Å². The van der Waals surface area contributed by atoms with E-state index < -0.39 is 5.97 Å². The molecule has 2 aliphatic rings. The van der Waals surface area contributed by atoms with Gasteiger partial charge in [0, 0.05) is 42.4 Å². The van der Waals surface area contributed by atoms with Gasteiger partial charge in [0.2, 0.25) is 5.88 Å². The van der Waals surface area contributed by atoms with Crippen molar-refractivity contribution in [2.75, 3.05) is 19.7 Å². The van der Waals surface area contributed by atoms with Crippen LogP contribution in [0.3, 0.4) is 0 Å². The molecule has 2 saturated heterocycles. The monoisotopic (exact) mass is 622 g/mol. The van der Waals surface area contributed by atoms with E-state index in [1.165, 1.54) is 0 Å². The first kappa shape index (κ1) is 29.2. The first-order valence-electron chi connectivity index (χ1n) is 15.2. The standard InChI is InChI=1S/C34H34N6O4S/c1-38-19-23(18-35-38)5-7-27-8-9-28(45-27)22-44-33-4-2-3-29(37-33)24-11-14-39(15-12-24)21-32-36-30-10-6-25(34(41)42)17-31(30)40(32)20-26-13-16-43-26/h2-4,6,8-10,17-19,24,26H,11-16,20-22H2,1H3,(H,41,42)/t26-/m0/s1. The number of fused-ring (bicyclic) bond motifs is 1. The summed E-state index contributed by atoms with van der Waals surface area (Å²) < 4.78 is 15.7. The van der Waals surface area contributed by atoms with Crippen molar-refractivity contribution in [3.8, 4) is 17.7 Å². The molecule has 1 aromatic carbocycles. The number of aryl methyl sites for hydroxylation is 1. The zero-order chi connectivity index (χ0) is 30.8. The van der Waals surface area contributed by atoms with Crippen LogP contribution in [0.1, 0.15) is 62.4 Å². The summed E-state index contributed by atoms with van der Waals surface area (Å²) in [7, 11) is 1.88. The molecule has 11 heteroatoms. The molecule has 1 N–H and O–H groups in total. The summed E-state index contributed by atoms with van der Waals surface area (Å²) in [5, 5.41) is 13.7. The highest BCUT2D eigenvalue weighted by molar-refractivity contribution is 7.12. The SMILES string of the molecule is Cn1cc(C#Cc2ccc(COc3cccc(C4CCN(Cc5nc6ccc(C(=O)O)cc6n5C[C@@H]5CCO5)CC4)n3)s2)cn1. The Morgan fingerprint density at radius 1 is 1.11 bits per heavy atom. The van der Waals surface area contributed by atoms with Crippen molar-refractivity contribution in [2.24, 2.45) is 7.05 Å². The third kappa shape index (κ3) is 6.78. The number of aromatic nitrogens is 5. The van der Waals surface area contributed by atoms with Gasteiger partial charge < -0.3 is 19.1 Å². The fourth-order valence-electron chi connectivity index (χ4n) is 5.87. The van der Waals surface area contributed by atoms with E-state index in [4.69, 9.17) is 19.4 Å². The van der Waals surface area contributed by atoms with Gasteiger partial charge in [0.05, 0.1) is 52.4 Å². The van der Waals surface area contributed by atoms with Crippen LogP contribution in [0, 0.1) is 11.8 Å². The molecular weight excluding hydrogens is 588 g/mol. The number of imidazole rings is 1. The molecule has 0 radical (unpaired) electrons. The second-order valence-corrected chi connectivity index (χ2v) is 12.8. The number of rotatable bonds is 9. The minimum atomic E-state index is -0.931. The summed E-state index contributed by atoms with van der Waals surface area (Å²) in [6, 6.07) is 15.3. The smallest absolute Gasteiger partial charge is 0.335 e. The molecule has 0 saturated carbocycles. The van der Waals surface area contributed by atoms with Gasteiger partial charge in [-0.15, -0.1) is 11.3 Å². The number of aromatic carboxylic acids is 1. The molecule has 6 heterocycles. The van der Waals surface area contributed by atoms with Crippen LogP contribution in [-0.4, -0.2) is 66.1 Å². The average Bonchev–Trinajstić information content (AvgIpc) is 3.75. The average molecular weight is 623 g/mol. The quantitative estimate of drug-likeness (QED) is 0.227. The maximum Gasteiger partial charge on any atom is 0.335 e. The predicted molar refractivity (Wildman–Crippen MR) is 170 cm³/mol. The van der Waals surface area contributed by atoms with E-state index >= 15 is 0 Å². The van der Waals surface area contributed by atoms with Crippen molar-refractivity contribution in [2.45, 2.75) is 51.0 Å². The Labute approximate surface area is 265 Å². The first-order valence-corrected chi connectivity index (χ1v) is 16.0. The zero-order valence-corrected chi connectivity index (χ0v) is 25.9. The van der Waals surface area contributed by atoms with Crippen LogP contribution in [0.15, 0.2) is 60.9 Å². The summed E-state index contributed by atoms with van der Waals surface area (Å²) in [5.41, 5.74) is 3.91. The van der Waals surface area contributed by atoms with Crippen LogP contribution in [-0.2, 0) is 31.5 Å². The number of benzene rings is 1. The summed E-state index contributed by atoms with van der Waals surface area (Å²) in [5.74, 6) is 7.37. The van der Waals surface area contributed by atoms with Crippen LogP contribution in [0.25, 0.3) is 11.0 Å². The number of hydrogen-bond donors (Lipinski definition) is 1. The number of ether oxygens (including phenoxy) is 2. The van der Waals surface area contributed by atoms with E-state index in [0.717, 1.165) is 76.8 Å². The Balaban J connectivity index is 0.961. The molecule has 0 unspecified atom stereocenters. The molecule has 0 amide bonds. The highest BCUT2D eigenvalue weighted by Gasteiger charge is 2.26. The zero-order valence-electron chi connectivity index (χ0n) is 25.1. The fourth-order valence-corrected chi connectivity index (χ4v) is 6.65. The van der Waals surface area contributed by atoms with E-state index in [-0.39, 0.29) is 11.7 Å². The van der Waals surface area contributed by atoms with Crippen LogP contribution < -0.4 is 4.74 Å². The van der Waals surface area contributed by atoms with Gasteiger partial charge in [-0.25, -0.2) is 14.8 Å². The number of pyridine rings is 1. The summed E-state index contributed by atoms with van der Waals surface area (Å²) in [6.45, 7) is 4.49. The summed E-state index contributed by atoms with van der Waals surface area (Å²) in [6.07, 6.45) is 6.81. The second kappa shape index (κ2) is 12.9. The third-order valence-electron chi connectivity index (χ3n) is 8.43. The van der Waals surface area contributed by atoms with Crippen molar-refractivity contribution < 1.29 is 19.4 Å². The molecule has 10 nitrogen and oxygen atoms in total. The summed E-state index contributed by atoms with van der Waals surface area (Å²) >= 11 is 1.62. The van der Waals surface area contributed by atoms with E-state index in [9.17, 15) is 9.90 Å². The van der Waals surface area contributed by atoms with Crippen LogP contribution in [0.5, 0.6) is 5.88 Å². The van der Waals surface area contributed by atoms with Crippen molar-refractivity contribution in [3.05, 3.63) is 93.3 Å². The Kier molecular flexibility index (Phi) is 8.35. The molecule has 1 atom stereocenters. The Bertz CT molecular complexity index is 1890. The number of carboxylic acid groups (broad SMARTS) is 1. The third-order valence-corrected chi connectivity index (χ3v) is 9.40. The van der Waals surface area contributed by atoms with Crippen molar-refractivity contribution in [1.82, 2.24) is 29.2 Å².